The molecule has 0 aromatic rings. The van der Waals surface area contributed by atoms with Gasteiger partial charge in [0.2, 0.25) is 18.5 Å². The summed E-state index contributed by atoms with van der Waals surface area (Å²) in [6, 6.07) is -1.13. The van der Waals surface area contributed by atoms with Crippen LogP contribution < -0.4 is 5.73 Å². The SMILES string of the molecule is CCCCCCCCOC(=O)OC(OP(=O)(N=C(N)N(C)C(C(=O)O)C(C)C)OC(OC(=O)OCCCCCCCC)C(C)C)C(C)C. The molecule has 48 heavy (non-hydrogen) atoms. The molecule has 0 rings (SSSR count). The molecule has 14 nitrogen and oxygen atoms in total. The molecule has 0 heterocycles. The van der Waals surface area contributed by atoms with Crippen molar-refractivity contribution in [3.8, 4) is 0 Å². The fraction of sp³-hybridized carbons (Fsp3) is 0.879. The maximum absolute atomic E-state index is 14.3. The van der Waals surface area contributed by atoms with Crippen LogP contribution in [0.5, 0.6) is 0 Å². The van der Waals surface area contributed by atoms with Gasteiger partial charge >= 0.3 is 26.0 Å². The topological polar surface area (TPSA) is 186 Å². The molecular weight excluding hydrogens is 645 g/mol. The lowest BCUT2D eigenvalue weighted by molar-refractivity contribution is -0.143. The van der Waals surface area contributed by atoms with Gasteiger partial charge in [-0.2, -0.15) is 0 Å². The van der Waals surface area contributed by atoms with Crippen LogP contribution in [0.2, 0.25) is 0 Å². The van der Waals surface area contributed by atoms with Gasteiger partial charge in [0.1, 0.15) is 6.04 Å². The van der Waals surface area contributed by atoms with Gasteiger partial charge in [0.25, 0.3) is 0 Å². The van der Waals surface area contributed by atoms with E-state index in [-0.39, 0.29) is 13.2 Å². The van der Waals surface area contributed by atoms with Gasteiger partial charge in [-0.3, -0.25) is 0 Å². The maximum Gasteiger partial charge on any atom is 0.510 e. The van der Waals surface area contributed by atoms with Crippen LogP contribution in [0, 0.1) is 17.8 Å². The molecule has 282 valence electrons. The molecular formula is C33H64N3O11P. The van der Waals surface area contributed by atoms with Gasteiger partial charge in [0, 0.05) is 18.9 Å². The summed E-state index contributed by atoms with van der Waals surface area (Å²) >= 11 is 0. The Balaban J connectivity index is 5.95. The minimum atomic E-state index is -4.79. The van der Waals surface area contributed by atoms with Crippen molar-refractivity contribution in [2.45, 2.75) is 151 Å². The molecule has 0 fully saturated rings. The largest absolute Gasteiger partial charge is 0.510 e. The van der Waals surface area contributed by atoms with E-state index in [1.54, 1.807) is 41.5 Å². The number of rotatable bonds is 26. The van der Waals surface area contributed by atoms with Crippen LogP contribution in [-0.2, 0) is 37.4 Å². The lowest BCUT2D eigenvalue weighted by Gasteiger charge is -2.31. The van der Waals surface area contributed by atoms with Crippen molar-refractivity contribution in [3.05, 3.63) is 0 Å². The molecule has 3 atom stereocenters. The van der Waals surface area contributed by atoms with E-state index in [1.165, 1.54) is 7.05 Å². The van der Waals surface area contributed by atoms with Crippen LogP contribution in [0.25, 0.3) is 0 Å². The zero-order valence-electron chi connectivity index (χ0n) is 30.8. The minimum Gasteiger partial charge on any atom is -0.480 e. The summed E-state index contributed by atoms with van der Waals surface area (Å²) in [5, 5.41) is 9.75. The Labute approximate surface area is 288 Å². The molecule has 0 aliphatic rings. The number of aliphatic carboxylic acids is 1. The van der Waals surface area contributed by atoms with Crippen molar-refractivity contribution >= 4 is 32.0 Å². The second-order valence-electron chi connectivity index (χ2n) is 13.0. The number of nitrogens with zero attached hydrogens (tertiary/aromatic N) is 2. The Kier molecular flexibility index (Phi) is 24.0. The van der Waals surface area contributed by atoms with E-state index < -0.39 is 68.4 Å². The fourth-order valence-electron chi connectivity index (χ4n) is 4.46. The van der Waals surface area contributed by atoms with Crippen molar-refractivity contribution in [1.29, 1.82) is 0 Å². The van der Waals surface area contributed by atoms with Gasteiger partial charge in [-0.25, -0.2) is 28.0 Å². The molecule has 0 amide bonds. The molecule has 0 aromatic carbocycles. The Bertz CT molecular complexity index is 944. The monoisotopic (exact) mass is 709 g/mol. The molecule has 0 aliphatic heterocycles. The third kappa shape index (κ3) is 20.1. The van der Waals surface area contributed by atoms with E-state index in [9.17, 15) is 24.1 Å². The summed E-state index contributed by atoms with van der Waals surface area (Å²) in [5.41, 5.74) is 6.15. The van der Waals surface area contributed by atoms with Crippen LogP contribution >= 0.6 is 7.75 Å². The highest BCUT2D eigenvalue weighted by atomic mass is 31.2. The van der Waals surface area contributed by atoms with E-state index in [4.69, 9.17) is 33.7 Å². The van der Waals surface area contributed by atoms with Crippen LogP contribution in [0.3, 0.4) is 0 Å². The third-order valence-electron chi connectivity index (χ3n) is 7.31. The number of hydrogen-bond donors (Lipinski definition) is 2. The Hall–Kier alpha value is -2.57. The summed E-state index contributed by atoms with van der Waals surface area (Å²) in [6.45, 7) is 14.5. The zero-order valence-corrected chi connectivity index (χ0v) is 31.7. The number of hydrogen-bond acceptors (Lipinski definition) is 10. The number of carbonyl (C=O) groups excluding carboxylic acids is 2. The third-order valence-corrected chi connectivity index (χ3v) is 8.71. The number of unbranched alkanes of at least 4 members (excludes halogenated alkanes) is 10. The average molecular weight is 710 g/mol. The molecule has 0 aromatic heterocycles. The lowest BCUT2D eigenvalue weighted by Crippen LogP contribution is -2.48. The first-order chi connectivity index (χ1) is 22.6. The predicted octanol–water partition coefficient (Wildman–Crippen LogP) is 8.48. The van der Waals surface area contributed by atoms with Crippen molar-refractivity contribution in [1.82, 2.24) is 4.90 Å². The highest BCUT2D eigenvalue weighted by Gasteiger charge is 2.40. The first kappa shape index (κ1) is 45.4. The number of ether oxygens (including phenoxy) is 4. The van der Waals surface area contributed by atoms with E-state index in [2.05, 4.69) is 18.6 Å². The standard InChI is InChI=1S/C33H64N3O11P/c1-10-12-14-16-18-20-22-42-32(39)44-29(25(5)6)46-48(41,35-31(34)36(9)27(24(3)4)28(37)38)47-30(26(7)8)45-33(40)43-23-21-19-17-15-13-11-2/h24-27,29-30H,10-23H2,1-9H3,(H,37,38)(H2,34,35,41). The molecule has 0 spiro atoms. The van der Waals surface area contributed by atoms with E-state index in [1.807, 2.05) is 0 Å². The molecule has 0 bridgehead atoms. The number of nitrogens with two attached hydrogens (primary N) is 1. The lowest BCUT2D eigenvalue weighted by atomic mass is 10.0. The summed E-state index contributed by atoms with van der Waals surface area (Å²) in [7, 11) is -3.42. The summed E-state index contributed by atoms with van der Waals surface area (Å²) in [4.78, 5) is 38.2. The first-order valence-electron chi connectivity index (χ1n) is 17.5. The molecule has 15 heteroatoms. The van der Waals surface area contributed by atoms with Crippen molar-refractivity contribution in [2.75, 3.05) is 20.3 Å². The zero-order chi connectivity index (χ0) is 36.7. The van der Waals surface area contributed by atoms with E-state index in [0.29, 0.717) is 12.8 Å². The van der Waals surface area contributed by atoms with Crippen molar-refractivity contribution in [2.24, 2.45) is 28.3 Å². The molecule has 3 unspecified atom stereocenters. The quantitative estimate of drug-likeness (QED) is 0.0218. The van der Waals surface area contributed by atoms with Crippen LogP contribution in [0.4, 0.5) is 9.59 Å². The van der Waals surface area contributed by atoms with Gasteiger partial charge < -0.3 is 34.7 Å². The number of guanidine groups is 1. The van der Waals surface area contributed by atoms with Crippen LogP contribution in [0.1, 0.15) is 132 Å². The Morgan fingerprint density at radius 1 is 0.688 bits per heavy atom. The smallest absolute Gasteiger partial charge is 0.480 e. The van der Waals surface area contributed by atoms with Gasteiger partial charge in [-0.05, 0) is 18.8 Å². The number of carboxylic acid groups (broad SMARTS) is 1. The fourth-order valence-corrected chi connectivity index (χ4v) is 6.10. The van der Waals surface area contributed by atoms with Gasteiger partial charge in [0.15, 0.2) is 0 Å². The Morgan fingerprint density at radius 2 is 1.06 bits per heavy atom. The number of carbonyl (C=O) groups is 3. The van der Waals surface area contributed by atoms with Gasteiger partial charge in [0.05, 0.1) is 13.2 Å². The second-order valence-corrected chi connectivity index (χ2v) is 14.5. The summed E-state index contributed by atoms with van der Waals surface area (Å²) in [5.74, 6) is -3.22. The van der Waals surface area contributed by atoms with Crippen LogP contribution in [-0.4, -0.2) is 73.1 Å². The molecule has 0 aliphatic carbocycles. The van der Waals surface area contributed by atoms with Crippen molar-refractivity contribution in [3.63, 3.8) is 0 Å². The number of carboxylic acids is 1. The maximum atomic E-state index is 14.3. The highest BCUT2D eigenvalue weighted by molar-refractivity contribution is 7.52. The first-order valence-corrected chi connectivity index (χ1v) is 19.0. The average Bonchev–Trinajstić information content (AvgIpc) is 2.98. The van der Waals surface area contributed by atoms with E-state index >= 15 is 0 Å². The Morgan fingerprint density at radius 3 is 1.40 bits per heavy atom. The van der Waals surface area contributed by atoms with E-state index in [0.717, 1.165) is 69.1 Å². The molecule has 0 saturated carbocycles. The normalized spacial score (nSPS) is 15.1. The number of likely N-dealkylation sites (N-methyl/N-ethyl adjacent to an activating group) is 1. The minimum absolute atomic E-state index is 0.135. The summed E-state index contributed by atoms with van der Waals surface area (Å²) < 4.78 is 50.8. The predicted molar refractivity (Wildman–Crippen MR) is 184 cm³/mol. The van der Waals surface area contributed by atoms with Crippen LogP contribution in [0.15, 0.2) is 4.76 Å². The second kappa shape index (κ2) is 25.4. The highest BCUT2D eigenvalue weighted by Crippen LogP contribution is 2.54. The molecule has 0 radical (unpaired) electrons. The van der Waals surface area contributed by atoms with Crippen molar-refractivity contribution < 1.29 is 52.1 Å². The van der Waals surface area contributed by atoms with Gasteiger partial charge in [-0.1, -0.05) is 120 Å². The summed E-state index contributed by atoms with van der Waals surface area (Å²) in [6.07, 6.45) is 6.91. The van der Waals surface area contributed by atoms with Gasteiger partial charge in [-0.15, -0.1) is 4.76 Å². The molecule has 3 N–H and O–H groups in total. The molecule has 0 saturated heterocycles.